The second-order valence-electron chi connectivity index (χ2n) is 7.80. The van der Waals surface area contributed by atoms with E-state index in [4.69, 9.17) is 32.7 Å². The van der Waals surface area contributed by atoms with Gasteiger partial charge in [0.25, 0.3) is 0 Å². The molecule has 0 saturated heterocycles. The van der Waals surface area contributed by atoms with Crippen molar-refractivity contribution >= 4 is 40.9 Å². The smallest absolute Gasteiger partial charge is 0.150 e. The average Bonchev–Trinajstić information content (AvgIpc) is 2.88. The maximum absolute atomic E-state index is 11.1. The van der Waals surface area contributed by atoms with E-state index >= 15 is 0 Å². The Morgan fingerprint density at radius 1 is 0.771 bits per heavy atom. The Bertz CT molecular complexity index is 1290. The molecule has 0 aromatic heterocycles. The normalized spacial score (nSPS) is 10.5. The summed E-state index contributed by atoms with van der Waals surface area (Å²) >= 11 is 12.6. The molecule has 0 aliphatic heterocycles. The Hall–Kier alpha value is -3.73. The van der Waals surface area contributed by atoms with Crippen molar-refractivity contribution in [2.45, 2.75) is 13.2 Å². The average molecular weight is 504 g/mol. The van der Waals surface area contributed by atoms with Gasteiger partial charge in [-0.3, -0.25) is 4.79 Å². The van der Waals surface area contributed by atoms with Gasteiger partial charge in [0, 0.05) is 49.7 Å². The second-order valence-corrected chi connectivity index (χ2v) is 8.61. The maximum atomic E-state index is 11.1. The van der Waals surface area contributed by atoms with E-state index in [1.165, 1.54) is 0 Å². The molecule has 0 fully saturated rings. The molecule has 0 amide bonds. The number of hydrogen-bond acceptors (Lipinski definition) is 4. The first-order valence-corrected chi connectivity index (χ1v) is 11.7. The van der Waals surface area contributed by atoms with Crippen LogP contribution in [0.2, 0.25) is 10.0 Å². The summed E-state index contributed by atoms with van der Waals surface area (Å²) in [4.78, 5) is 11.1. The standard InChI is InChI=1S/C29H23Cl2NO3/c1-20(32-25-10-6-7-21(13-25)17-33)24-14-26(34-18-22-8-2-4-11-28(22)30)16-27(15-24)35-19-23-9-3-5-12-29(23)31/h2-17,32H,1,18-19H2. The topological polar surface area (TPSA) is 47.6 Å². The zero-order valence-corrected chi connectivity index (χ0v) is 20.4. The van der Waals surface area contributed by atoms with Crippen molar-refractivity contribution in [1.29, 1.82) is 0 Å². The summed E-state index contributed by atoms with van der Waals surface area (Å²) in [7, 11) is 0. The quantitative estimate of drug-likeness (QED) is 0.222. The monoisotopic (exact) mass is 503 g/mol. The molecule has 4 rings (SSSR count). The van der Waals surface area contributed by atoms with E-state index in [1.807, 2.05) is 72.8 Å². The number of nitrogens with one attached hydrogen (secondary N) is 1. The Morgan fingerprint density at radius 3 is 1.89 bits per heavy atom. The van der Waals surface area contributed by atoms with Crippen LogP contribution >= 0.6 is 23.2 Å². The molecule has 4 nitrogen and oxygen atoms in total. The minimum Gasteiger partial charge on any atom is -0.489 e. The summed E-state index contributed by atoms with van der Waals surface area (Å²) in [6, 6.07) is 27.8. The van der Waals surface area contributed by atoms with Crippen LogP contribution in [0.5, 0.6) is 11.5 Å². The highest BCUT2D eigenvalue weighted by Crippen LogP contribution is 2.30. The number of benzene rings is 4. The zero-order chi connectivity index (χ0) is 24.6. The molecule has 0 radical (unpaired) electrons. The fourth-order valence-electron chi connectivity index (χ4n) is 3.40. The van der Waals surface area contributed by atoms with Gasteiger partial charge in [-0.1, -0.05) is 78.3 Å². The molecule has 4 aromatic rings. The highest BCUT2D eigenvalue weighted by molar-refractivity contribution is 6.31. The van der Waals surface area contributed by atoms with Crippen LogP contribution < -0.4 is 14.8 Å². The zero-order valence-electron chi connectivity index (χ0n) is 18.8. The summed E-state index contributed by atoms with van der Waals surface area (Å²) < 4.78 is 12.1. The fourth-order valence-corrected chi connectivity index (χ4v) is 3.78. The van der Waals surface area contributed by atoms with E-state index in [-0.39, 0.29) is 0 Å². The predicted molar refractivity (Wildman–Crippen MR) is 142 cm³/mol. The first-order valence-electron chi connectivity index (χ1n) is 10.9. The van der Waals surface area contributed by atoms with Gasteiger partial charge < -0.3 is 14.8 Å². The van der Waals surface area contributed by atoms with Gasteiger partial charge in [-0.05, 0) is 36.4 Å². The molecule has 0 aliphatic rings. The number of hydrogen-bond donors (Lipinski definition) is 1. The van der Waals surface area contributed by atoms with Crippen LogP contribution in [0.15, 0.2) is 97.6 Å². The highest BCUT2D eigenvalue weighted by atomic mass is 35.5. The van der Waals surface area contributed by atoms with Crippen LogP contribution in [0.3, 0.4) is 0 Å². The van der Waals surface area contributed by atoms with E-state index in [0.717, 1.165) is 28.7 Å². The molecule has 0 spiro atoms. The number of ether oxygens (including phenoxy) is 2. The van der Waals surface area contributed by atoms with Crippen molar-refractivity contribution in [3.05, 3.63) is 130 Å². The van der Waals surface area contributed by atoms with Gasteiger partial charge in [-0.2, -0.15) is 0 Å². The molecule has 6 heteroatoms. The second kappa shape index (κ2) is 11.6. The molecule has 0 heterocycles. The van der Waals surface area contributed by atoms with Gasteiger partial charge in [0.2, 0.25) is 0 Å². The third kappa shape index (κ3) is 6.66. The van der Waals surface area contributed by atoms with Crippen molar-refractivity contribution < 1.29 is 14.3 Å². The minimum atomic E-state index is 0.300. The van der Waals surface area contributed by atoms with E-state index in [0.29, 0.717) is 46.0 Å². The largest absolute Gasteiger partial charge is 0.489 e. The van der Waals surface area contributed by atoms with Gasteiger partial charge in [0.05, 0.1) is 0 Å². The first kappa shape index (κ1) is 24.4. The molecular formula is C29H23Cl2NO3. The Balaban J connectivity index is 1.58. The Labute approximate surface area is 214 Å². The van der Waals surface area contributed by atoms with Crippen LogP contribution in [0.4, 0.5) is 5.69 Å². The van der Waals surface area contributed by atoms with Gasteiger partial charge in [-0.15, -0.1) is 0 Å². The molecule has 0 aliphatic carbocycles. The molecule has 4 aromatic carbocycles. The molecule has 176 valence electrons. The van der Waals surface area contributed by atoms with Gasteiger partial charge in [-0.25, -0.2) is 0 Å². The number of aldehydes is 1. The Morgan fingerprint density at radius 2 is 1.34 bits per heavy atom. The van der Waals surface area contributed by atoms with Crippen LogP contribution in [0.25, 0.3) is 5.70 Å². The van der Waals surface area contributed by atoms with Crippen LogP contribution in [0.1, 0.15) is 27.0 Å². The van der Waals surface area contributed by atoms with E-state index in [2.05, 4.69) is 11.9 Å². The molecule has 1 N–H and O–H groups in total. The molecule has 0 unspecified atom stereocenters. The number of anilines is 1. The lowest BCUT2D eigenvalue weighted by Crippen LogP contribution is -2.02. The summed E-state index contributed by atoms with van der Waals surface area (Å²) in [5.41, 5.74) is 4.47. The van der Waals surface area contributed by atoms with E-state index in [9.17, 15) is 4.79 Å². The van der Waals surface area contributed by atoms with Crippen LogP contribution in [-0.4, -0.2) is 6.29 Å². The number of carbonyl (C=O) groups is 1. The molecule has 0 saturated carbocycles. The number of halogens is 2. The van der Waals surface area contributed by atoms with Crippen molar-refractivity contribution in [2.75, 3.05) is 5.32 Å². The van der Waals surface area contributed by atoms with Gasteiger partial charge >= 0.3 is 0 Å². The van der Waals surface area contributed by atoms with Gasteiger partial charge in [0.15, 0.2) is 0 Å². The third-order valence-electron chi connectivity index (χ3n) is 5.25. The van der Waals surface area contributed by atoms with Crippen LogP contribution in [-0.2, 0) is 13.2 Å². The molecule has 0 atom stereocenters. The Kier molecular flexibility index (Phi) is 8.09. The lowest BCUT2D eigenvalue weighted by Gasteiger charge is -2.16. The summed E-state index contributed by atoms with van der Waals surface area (Å²) in [6.45, 7) is 4.77. The fraction of sp³-hybridized carbons (Fsp3) is 0.0690. The van der Waals surface area contributed by atoms with Crippen molar-refractivity contribution in [2.24, 2.45) is 0 Å². The van der Waals surface area contributed by atoms with Crippen LogP contribution in [0, 0.1) is 0 Å². The summed E-state index contributed by atoms with van der Waals surface area (Å²) in [6.07, 6.45) is 0.803. The van der Waals surface area contributed by atoms with Crippen molar-refractivity contribution in [3.63, 3.8) is 0 Å². The van der Waals surface area contributed by atoms with Gasteiger partial charge in [0.1, 0.15) is 31.0 Å². The number of carbonyl (C=O) groups excluding carboxylic acids is 1. The summed E-state index contributed by atoms with van der Waals surface area (Å²) in [5, 5.41) is 4.52. The predicted octanol–water partition coefficient (Wildman–Crippen LogP) is 8.05. The van der Waals surface area contributed by atoms with E-state index < -0.39 is 0 Å². The highest BCUT2D eigenvalue weighted by Gasteiger charge is 2.10. The van der Waals surface area contributed by atoms with Crippen molar-refractivity contribution in [1.82, 2.24) is 0 Å². The lowest BCUT2D eigenvalue weighted by molar-refractivity contribution is 0.112. The SMILES string of the molecule is C=C(Nc1cccc(C=O)c1)c1cc(OCc2ccccc2Cl)cc(OCc2ccccc2Cl)c1. The molecule has 35 heavy (non-hydrogen) atoms. The molecular weight excluding hydrogens is 481 g/mol. The number of rotatable bonds is 10. The maximum Gasteiger partial charge on any atom is 0.150 e. The summed E-state index contributed by atoms with van der Waals surface area (Å²) in [5.74, 6) is 1.20. The minimum absolute atomic E-state index is 0.300. The van der Waals surface area contributed by atoms with Crippen molar-refractivity contribution in [3.8, 4) is 11.5 Å². The van der Waals surface area contributed by atoms with E-state index in [1.54, 1.807) is 18.2 Å². The molecule has 0 bridgehead atoms. The first-order chi connectivity index (χ1) is 17.0. The third-order valence-corrected chi connectivity index (χ3v) is 5.99. The lowest BCUT2D eigenvalue weighted by atomic mass is 10.1.